The number of hydrogen-bond donors (Lipinski definition) is 1. The molecule has 0 amide bonds. The van der Waals surface area contributed by atoms with Gasteiger partial charge in [0.25, 0.3) is 0 Å². The van der Waals surface area contributed by atoms with E-state index < -0.39 is 6.30 Å². The molecular formula is C7H12FN3. The lowest BCUT2D eigenvalue weighted by atomic mass is 10.3. The summed E-state index contributed by atoms with van der Waals surface area (Å²) >= 11 is 0. The van der Waals surface area contributed by atoms with E-state index in [4.69, 9.17) is 5.41 Å². The van der Waals surface area contributed by atoms with E-state index >= 15 is 0 Å². The zero-order valence-electron chi connectivity index (χ0n) is 6.71. The van der Waals surface area contributed by atoms with Gasteiger partial charge in [0, 0.05) is 6.21 Å². The van der Waals surface area contributed by atoms with Crippen molar-refractivity contribution in [1.82, 2.24) is 0 Å². The number of aliphatic imine (C=N–C) groups is 2. The smallest absolute Gasteiger partial charge is 0.188 e. The van der Waals surface area contributed by atoms with Crippen molar-refractivity contribution in [1.29, 1.82) is 5.41 Å². The molecule has 0 aromatic heterocycles. The standard InChI is InChI=1S/C7H12FN3/c1-3-7(4-9)11-5-10-6(2)8/h4-6,9H,3H2,1-2H3/b9-4?,10-5-,11-7+. The van der Waals surface area contributed by atoms with Crippen LogP contribution in [0.4, 0.5) is 4.39 Å². The van der Waals surface area contributed by atoms with E-state index in [2.05, 4.69) is 9.98 Å². The van der Waals surface area contributed by atoms with Crippen LogP contribution in [0.1, 0.15) is 20.3 Å². The summed E-state index contributed by atoms with van der Waals surface area (Å²) in [5, 5.41) is 6.83. The third kappa shape index (κ3) is 5.39. The average molecular weight is 157 g/mol. The van der Waals surface area contributed by atoms with Crippen LogP contribution in [0.25, 0.3) is 0 Å². The Labute approximate surface area is 65.6 Å². The maximum Gasteiger partial charge on any atom is 0.188 e. The zero-order chi connectivity index (χ0) is 8.69. The highest BCUT2D eigenvalue weighted by Gasteiger charge is 1.88. The van der Waals surface area contributed by atoms with E-state index in [1.807, 2.05) is 6.92 Å². The van der Waals surface area contributed by atoms with Crippen molar-refractivity contribution in [3.8, 4) is 0 Å². The van der Waals surface area contributed by atoms with Crippen LogP contribution in [-0.4, -0.2) is 24.6 Å². The first kappa shape index (κ1) is 9.94. The second-order valence-corrected chi connectivity index (χ2v) is 1.96. The summed E-state index contributed by atoms with van der Waals surface area (Å²) in [6, 6.07) is 0. The number of nitrogens with zero attached hydrogens (tertiary/aromatic N) is 2. The van der Waals surface area contributed by atoms with Gasteiger partial charge in [0.05, 0.1) is 5.71 Å². The zero-order valence-corrected chi connectivity index (χ0v) is 6.71. The quantitative estimate of drug-likeness (QED) is 0.367. The molecule has 1 N–H and O–H groups in total. The van der Waals surface area contributed by atoms with Crippen LogP contribution >= 0.6 is 0 Å². The van der Waals surface area contributed by atoms with Gasteiger partial charge in [-0.1, -0.05) is 6.92 Å². The van der Waals surface area contributed by atoms with E-state index in [0.717, 1.165) is 12.6 Å². The molecule has 0 aromatic carbocycles. The summed E-state index contributed by atoms with van der Waals surface area (Å²) in [4.78, 5) is 7.12. The molecule has 0 aliphatic carbocycles. The first-order valence-electron chi connectivity index (χ1n) is 3.43. The number of halogens is 1. The lowest BCUT2D eigenvalue weighted by Crippen LogP contribution is -1.96. The Bertz CT molecular complexity index is 173. The Balaban J connectivity index is 3.97. The third-order valence-corrected chi connectivity index (χ3v) is 1.02. The number of alkyl halides is 1. The second kappa shape index (κ2) is 5.70. The normalized spacial score (nSPS) is 15.4. The molecule has 4 heteroatoms. The van der Waals surface area contributed by atoms with Crippen LogP contribution in [-0.2, 0) is 0 Å². The molecule has 1 atom stereocenters. The SMILES string of the molecule is CC/C(C=N)=N\C=N/C(C)F. The van der Waals surface area contributed by atoms with Gasteiger partial charge in [-0.3, -0.25) is 0 Å². The van der Waals surface area contributed by atoms with E-state index in [-0.39, 0.29) is 0 Å². The second-order valence-electron chi connectivity index (χ2n) is 1.96. The summed E-state index contributed by atoms with van der Waals surface area (Å²) in [6.07, 6.45) is 1.72. The Morgan fingerprint density at radius 1 is 1.73 bits per heavy atom. The van der Waals surface area contributed by atoms with Crippen molar-refractivity contribution in [3.05, 3.63) is 0 Å². The molecule has 11 heavy (non-hydrogen) atoms. The van der Waals surface area contributed by atoms with Crippen molar-refractivity contribution >= 4 is 18.3 Å². The van der Waals surface area contributed by atoms with Crippen LogP contribution in [0.15, 0.2) is 9.98 Å². The molecule has 0 rings (SSSR count). The highest BCUT2D eigenvalue weighted by atomic mass is 19.1. The maximum atomic E-state index is 12.0. The molecule has 0 spiro atoms. The van der Waals surface area contributed by atoms with E-state index in [9.17, 15) is 4.39 Å². The number of hydrogen-bond acceptors (Lipinski definition) is 2. The fourth-order valence-corrected chi connectivity index (χ4v) is 0.430. The monoisotopic (exact) mass is 157 g/mol. The number of nitrogens with one attached hydrogen (secondary N) is 1. The molecule has 0 aliphatic rings. The Kier molecular flexibility index (Phi) is 5.15. The van der Waals surface area contributed by atoms with Crippen molar-refractivity contribution in [2.45, 2.75) is 26.6 Å². The van der Waals surface area contributed by atoms with Crippen LogP contribution in [0.3, 0.4) is 0 Å². The summed E-state index contributed by atoms with van der Waals surface area (Å²) in [5.74, 6) is 0. The van der Waals surface area contributed by atoms with Gasteiger partial charge in [-0.05, 0) is 13.3 Å². The minimum atomic E-state index is -1.22. The summed E-state index contributed by atoms with van der Waals surface area (Å²) in [6.45, 7) is 3.19. The van der Waals surface area contributed by atoms with Crippen molar-refractivity contribution in [2.24, 2.45) is 9.98 Å². The van der Waals surface area contributed by atoms with Gasteiger partial charge in [-0.15, -0.1) is 0 Å². The molecule has 0 saturated heterocycles. The molecule has 0 heterocycles. The number of rotatable bonds is 4. The third-order valence-electron chi connectivity index (χ3n) is 1.02. The molecular weight excluding hydrogens is 145 g/mol. The predicted octanol–water partition coefficient (Wildman–Crippen LogP) is 1.83. The van der Waals surface area contributed by atoms with Crippen LogP contribution in [0.2, 0.25) is 0 Å². The minimum Gasteiger partial charge on any atom is -0.307 e. The van der Waals surface area contributed by atoms with Gasteiger partial charge in [-0.25, -0.2) is 14.4 Å². The molecule has 0 aromatic rings. The summed E-state index contributed by atoms with van der Waals surface area (Å²) in [5.41, 5.74) is 0.592. The Hall–Kier alpha value is -1.06. The summed E-state index contributed by atoms with van der Waals surface area (Å²) in [7, 11) is 0. The molecule has 0 aliphatic heterocycles. The molecule has 0 bridgehead atoms. The summed E-state index contributed by atoms with van der Waals surface area (Å²) < 4.78 is 12.0. The topological polar surface area (TPSA) is 48.6 Å². The van der Waals surface area contributed by atoms with Gasteiger partial charge < -0.3 is 5.41 Å². The van der Waals surface area contributed by atoms with Gasteiger partial charge in [0.15, 0.2) is 6.30 Å². The molecule has 3 nitrogen and oxygen atoms in total. The van der Waals surface area contributed by atoms with Crippen molar-refractivity contribution in [2.75, 3.05) is 0 Å². The lowest BCUT2D eigenvalue weighted by Gasteiger charge is -1.90. The Morgan fingerprint density at radius 2 is 2.36 bits per heavy atom. The fraction of sp³-hybridized carbons (Fsp3) is 0.571. The fourth-order valence-electron chi connectivity index (χ4n) is 0.430. The molecule has 1 unspecified atom stereocenters. The van der Waals surface area contributed by atoms with Gasteiger partial charge >= 0.3 is 0 Å². The highest BCUT2D eigenvalue weighted by Crippen LogP contribution is 1.87. The molecule has 0 radical (unpaired) electrons. The predicted molar refractivity (Wildman–Crippen MR) is 45.6 cm³/mol. The maximum absolute atomic E-state index is 12.0. The molecule has 62 valence electrons. The van der Waals surface area contributed by atoms with E-state index in [1.165, 1.54) is 6.92 Å². The van der Waals surface area contributed by atoms with Gasteiger partial charge in [-0.2, -0.15) is 0 Å². The van der Waals surface area contributed by atoms with Crippen LogP contribution in [0, 0.1) is 5.41 Å². The van der Waals surface area contributed by atoms with Crippen molar-refractivity contribution < 1.29 is 4.39 Å². The van der Waals surface area contributed by atoms with Crippen LogP contribution in [0.5, 0.6) is 0 Å². The highest BCUT2D eigenvalue weighted by molar-refractivity contribution is 6.30. The Morgan fingerprint density at radius 3 is 2.73 bits per heavy atom. The van der Waals surface area contributed by atoms with Crippen molar-refractivity contribution in [3.63, 3.8) is 0 Å². The average Bonchev–Trinajstić information content (AvgIpc) is 1.98. The molecule has 0 fully saturated rings. The van der Waals surface area contributed by atoms with Gasteiger partial charge in [0.1, 0.15) is 6.34 Å². The van der Waals surface area contributed by atoms with Crippen LogP contribution < -0.4 is 0 Å². The van der Waals surface area contributed by atoms with E-state index in [1.54, 1.807) is 0 Å². The first-order valence-corrected chi connectivity index (χ1v) is 3.43. The first-order chi connectivity index (χ1) is 5.20. The van der Waals surface area contributed by atoms with Gasteiger partial charge in [0.2, 0.25) is 0 Å². The largest absolute Gasteiger partial charge is 0.307 e. The molecule has 0 saturated carbocycles. The van der Waals surface area contributed by atoms with E-state index in [0.29, 0.717) is 12.1 Å². The lowest BCUT2D eigenvalue weighted by molar-refractivity contribution is 0.377. The minimum absolute atomic E-state index is 0.592.